The highest BCUT2D eigenvalue weighted by molar-refractivity contribution is 4.88. The largest absolute Gasteiger partial charge is 0.328 e. The van der Waals surface area contributed by atoms with E-state index >= 15 is 0 Å². The van der Waals surface area contributed by atoms with Gasteiger partial charge in [-0.1, -0.05) is 19.8 Å². The summed E-state index contributed by atoms with van der Waals surface area (Å²) in [5, 5.41) is 3.65. The first-order valence-electron chi connectivity index (χ1n) is 6.23. The predicted molar refractivity (Wildman–Crippen MR) is 60.1 cm³/mol. The van der Waals surface area contributed by atoms with Crippen molar-refractivity contribution in [3.05, 3.63) is 0 Å². The van der Waals surface area contributed by atoms with Gasteiger partial charge in [0.2, 0.25) is 0 Å². The van der Waals surface area contributed by atoms with Gasteiger partial charge in [0, 0.05) is 12.1 Å². The van der Waals surface area contributed by atoms with Gasteiger partial charge in [0.25, 0.3) is 0 Å². The molecule has 0 bridgehead atoms. The fourth-order valence-electron chi connectivity index (χ4n) is 2.70. The first-order chi connectivity index (χ1) is 6.74. The Morgan fingerprint density at radius 2 is 1.79 bits per heavy atom. The average molecular weight is 196 g/mol. The Balaban J connectivity index is 1.57. The van der Waals surface area contributed by atoms with E-state index in [2.05, 4.69) is 12.2 Å². The number of nitrogens with one attached hydrogen (secondary N) is 1. The SMILES string of the molecule is CC1CCC(CNC2CC(N)C2)CC1. The van der Waals surface area contributed by atoms with E-state index < -0.39 is 0 Å². The van der Waals surface area contributed by atoms with E-state index in [4.69, 9.17) is 5.73 Å². The maximum atomic E-state index is 5.76. The van der Waals surface area contributed by atoms with Crippen molar-refractivity contribution in [3.8, 4) is 0 Å². The minimum Gasteiger partial charge on any atom is -0.328 e. The second-order valence-corrected chi connectivity index (χ2v) is 5.46. The molecular weight excluding hydrogens is 172 g/mol. The molecule has 0 unspecified atom stereocenters. The zero-order valence-electron chi connectivity index (χ0n) is 9.34. The summed E-state index contributed by atoms with van der Waals surface area (Å²) in [6.45, 7) is 3.62. The molecule has 2 nitrogen and oxygen atoms in total. The maximum absolute atomic E-state index is 5.76. The summed E-state index contributed by atoms with van der Waals surface area (Å²) in [6.07, 6.45) is 8.15. The van der Waals surface area contributed by atoms with Crippen molar-refractivity contribution in [2.24, 2.45) is 17.6 Å². The first kappa shape index (κ1) is 10.4. The molecule has 0 radical (unpaired) electrons. The topological polar surface area (TPSA) is 38.0 Å². The van der Waals surface area contributed by atoms with Crippen LogP contribution in [0.15, 0.2) is 0 Å². The zero-order chi connectivity index (χ0) is 9.97. The minimum atomic E-state index is 0.485. The number of nitrogens with two attached hydrogens (primary N) is 1. The third kappa shape index (κ3) is 2.71. The summed E-state index contributed by atoms with van der Waals surface area (Å²) in [7, 11) is 0. The van der Waals surface area contributed by atoms with E-state index in [-0.39, 0.29) is 0 Å². The van der Waals surface area contributed by atoms with Crippen molar-refractivity contribution in [2.45, 2.75) is 57.5 Å². The molecule has 0 aliphatic heterocycles. The van der Waals surface area contributed by atoms with Gasteiger partial charge in [-0.25, -0.2) is 0 Å². The molecular formula is C12H24N2. The lowest BCUT2D eigenvalue weighted by Crippen LogP contribution is -2.49. The Morgan fingerprint density at radius 1 is 1.14 bits per heavy atom. The van der Waals surface area contributed by atoms with Gasteiger partial charge in [-0.2, -0.15) is 0 Å². The van der Waals surface area contributed by atoms with Crippen LogP contribution in [0.4, 0.5) is 0 Å². The Labute approximate surface area is 87.6 Å². The summed E-state index contributed by atoms with van der Waals surface area (Å²) >= 11 is 0. The number of rotatable bonds is 3. The van der Waals surface area contributed by atoms with Gasteiger partial charge in [-0.3, -0.25) is 0 Å². The molecule has 0 spiro atoms. The molecule has 0 heterocycles. The fourth-order valence-corrected chi connectivity index (χ4v) is 2.70. The van der Waals surface area contributed by atoms with Crippen LogP contribution in [0.2, 0.25) is 0 Å². The molecule has 0 saturated heterocycles. The molecule has 3 N–H and O–H groups in total. The van der Waals surface area contributed by atoms with E-state index in [1.54, 1.807) is 0 Å². The number of hydrogen-bond donors (Lipinski definition) is 2. The molecule has 14 heavy (non-hydrogen) atoms. The van der Waals surface area contributed by atoms with Gasteiger partial charge in [-0.15, -0.1) is 0 Å². The van der Waals surface area contributed by atoms with E-state index in [1.165, 1.54) is 45.1 Å². The zero-order valence-corrected chi connectivity index (χ0v) is 9.34. The highest BCUT2D eigenvalue weighted by atomic mass is 15.0. The maximum Gasteiger partial charge on any atom is 0.00966 e. The van der Waals surface area contributed by atoms with Gasteiger partial charge in [0.1, 0.15) is 0 Å². The first-order valence-corrected chi connectivity index (χ1v) is 6.23. The summed E-state index contributed by atoms with van der Waals surface area (Å²) < 4.78 is 0. The van der Waals surface area contributed by atoms with E-state index in [0.29, 0.717) is 6.04 Å². The Kier molecular flexibility index (Phi) is 3.45. The Bertz CT molecular complexity index is 167. The van der Waals surface area contributed by atoms with Crippen LogP contribution >= 0.6 is 0 Å². The summed E-state index contributed by atoms with van der Waals surface area (Å²) in [5.74, 6) is 1.92. The third-order valence-electron chi connectivity index (χ3n) is 4.01. The lowest BCUT2D eigenvalue weighted by Gasteiger charge is -2.35. The minimum absolute atomic E-state index is 0.485. The fraction of sp³-hybridized carbons (Fsp3) is 1.00. The van der Waals surface area contributed by atoms with Crippen LogP contribution in [0, 0.1) is 11.8 Å². The summed E-state index contributed by atoms with van der Waals surface area (Å²) in [6, 6.07) is 1.23. The summed E-state index contributed by atoms with van der Waals surface area (Å²) in [4.78, 5) is 0. The van der Waals surface area contributed by atoms with Gasteiger partial charge in [0.05, 0.1) is 0 Å². The molecule has 2 aliphatic carbocycles. The van der Waals surface area contributed by atoms with Crippen LogP contribution in [-0.2, 0) is 0 Å². The molecule has 0 aromatic rings. The molecule has 2 heteroatoms. The molecule has 2 saturated carbocycles. The van der Waals surface area contributed by atoms with Crippen molar-refractivity contribution in [1.29, 1.82) is 0 Å². The van der Waals surface area contributed by atoms with Crippen molar-refractivity contribution >= 4 is 0 Å². The van der Waals surface area contributed by atoms with Crippen molar-refractivity contribution in [2.75, 3.05) is 6.54 Å². The second-order valence-electron chi connectivity index (χ2n) is 5.46. The van der Waals surface area contributed by atoms with Crippen molar-refractivity contribution in [3.63, 3.8) is 0 Å². The van der Waals surface area contributed by atoms with E-state index in [9.17, 15) is 0 Å². The van der Waals surface area contributed by atoms with Gasteiger partial charge >= 0.3 is 0 Å². The smallest absolute Gasteiger partial charge is 0.00966 e. The lowest BCUT2D eigenvalue weighted by molar-refractivity contribution is 0.237. The van der Waals surface area contributed by atoms with Gasteiger partial charge in [0.15, 0.2) is 0 Å². The molecule has 0 aromatic carbocycles. The lowest BCUT2D eigenvalue weighted by atomic mass is 9.82. The van der Waals surface area contributed by atoms with E-state index in [0.717, 1.165) is 17.9 Å². The van der Waals surface area contributed by atoms with Gasteiger partial charge in [-0.05, 0) is 44.1 Å². The van der Waals surface area contributed by atoms with E-state index in [1.807, 2.05) is 0 Å². The highest BCUT2D eigenvalue weighted by Crippen LogP contribution is 2.28. The summed E-state index contributed by atoms with van der Waals surface area (Å²) in [5.41, 5.74) is 5.76. The average Bonchev–Trinajstić information content (AvgIpc) is 2.13. The molecule has 82 valence electrons. The van der Waals surface area contributed by atoms with Crippen molar-refractivity contribution < 1.29 is 0 Å². The molecule has 0 aromatic heterocycles. The van der Waals surface area contributed by atoms with Crippen molar-refractivity contribution in [1.82, 2.24) is 5.32 Å². The van der Waals surface area contributed by atoms with Crippen LogP contribution in [0.25, 0.3) is 0 Å². The molecule has 2 aliphatic rings. The Hall–Kier alpha value is -0.0800. The second kappa shape index (κ2) is 4.63. The van der Waals surface area contributed by atoms with Crippen LogP contribution in [0.5, 0.6) is 0 Å². The standard InChI is InChI=1S/C12H24N2/c1-9-2-4-10(5-3-9)8-14-12-6-11(13)7-12/h9-12,14H,2-8,13H2,1H3. The quantitative estimate of drug-likeness (QED) is 0.723. The Morgan fingerprint density at radius 3 is 2.36 bits per heavy atom. The highest BCUT2D eigenvalue weighted by Gasteiger charge is 2.26. The monoisotopic (exact) mass is 196 g/mol. The van der Waals surface area contributed by atoms with Crippen LogP contribution < -0.4 is 11.1 Å². The van der Waals surface area contributed by atoms with Crippen LogP contribution in [0.1, 0.15) is 45.4 Å². The molecule has 0 amide bonds. The van der Waals surface area contributed by atoms with Crippen LogP contribution in [-0.4, -0.2) is 18.6 Å². The van der Waals surface area contributed by atoms with Crippen LogP contribution in [0.3, 0.4) is 0 Å². The normalized spacial score (nSPS) is 43.3. The molecule has 0 atom stereocenters. The third-order valence-corrected chi connectivity index (χ3v) is 4.01. The number of hydrogen-bond acceptors (Lipinski definition) is 2. The molecule has 2 rings (SSSR count). The molecule has 2 fully saturated rings. The van der Waals surface area contributed by atoms with Gasteiger partial charge < -0.3 is 11.1 Å². The predicted octanol–water partition coefficient (Wildman–Crippen LogP) is 1.89.